The van der Waals surface area contributed by atoms with Crippen molar-refractivity contribution >= 4 is 11.9 Å². The van der Waals surface area contributed by atoms with Gasteiger partial charge in [0.05, 0.1) is 0 Å². The van der Waals surface area contributed by atoms with Gasteiger partial charge in [-0.25, -0.2) is 4.79 Å². The topological polar surface area (TPSA) is 57.6 Å². The Hall–Kier alpha value is -1.06. The summed E-state index contributed by atoms with van der Waals surface area (Å²) in [6.07, 6.45) is 4.27. The van der Waals surface area contributed by atoms with Crippen LogP contribution in [-0.2, 0) is 9.59 Å². The molecule has 1 aliphatic carbocycles. The summed E-state index contributed by atoms with van der Waals surface area (Å²) < 4.78 is 0. The minimum absolute atomic E-state index is 0.00296. The Labute approximate surface area is 89.3 Å². The van der Waals surface area contributed by atoms with Gasteiger partial charge in [0, 0.05) is 12.5 Å². The molecular formula is C11H17NO3. The average molecular weight is 211 g/mol. The average Bonchev–Trinajstić information content (AvgIpc) is 2.74. The zero-order valence-corrected chi connectivity index (χ0v) is 8.98. The number of fused-ring (bicyclic) bond motifs is 1. The van der Waals surface area contributed by atoms with Crippen LogP contribution in [0.3, 0.4) is 0 Å². The maximum atomic E-state index is 11.7. The van der Waals surface area contributed by atoms with E-state index >= 15 is 0 Å². The highest BCUT2D eigenvalue weighted by atomic mass is 16.4. The van der Waals surface area contributed by atoms with Gasteiger partial charge in [-0.15, -0.1) is 0 Å². The third-order valence-corrected chi connectivity index (χ3v) is 3.71. The summed E-state index contributed by atoms with van der Waals surface area (Å²) in [5.74, 6) is -0.412. The highest BCUT2D eigenvalue weighted by Gasteiger charge is 2.48. The van der Waals surface area contributed by atoms with Crippen LogP contribution in [0, 0.1) is 5.92 Å². The molecule has 2 rings (SSSR count). The number of carboxylic acids is 1. The Balaban J connectivity index is 2.20. The van der Waals surface area contributed by atoms with E-state index in [0.29, 0.717) is 18.8 Å². The van der Waals surface area contributed by atoms with Gasteiger partial charge >= 0.3 is 5.97 Å². The lowest BCUT2D eigenvalue weighted by Gasteiger charge is -2.27. The lowest BCUT2D eigenvalue weighted by molar-refractivity contribution is -0.149. The lowest BCUT2D eigenvalue weighted by Crippen LogP contribution is -2.44. The van der Waals surface area contributed by atoms with Crippen molar-refractivity contribution in [2.45, 2.75) is 51.1 Å². The first-order valence-corrected chi connectivity index (χ1v) is 5.69. The highest BCUT2D eigenvalue weighted by Crippen LogP contribution is 2.41. The Kier molecular flexibility index (Phi) is 2.67. The van der Waals surface area contributed by atoms with Gasteiger partial charge in [0.2, 0.25) is 5.91 Å². The van der Waals surface area contributed by atoms with Crippen LogP contribution in [0.5, 0.6) is 0 Å². The van der Waals surface area contributed by atoms with E-state index in [4.69, 9.17) is 5.11 Å². The van der Waals surface area contributed by atoms with E-state index in [2.05, 4.69) is 0 Å². The van der Waals surface area contributed by atoms with Crippen molar-refractivity contribution in [2.75, 3.05) is 0 Å². The second-order valence-corrected chi connectivity index (χ2v) is 4.50. The van der Waals surface area contributed by atoms with E-state index in [1.54, 1.807) is 11.8 Å². The predicted molar refractivity (Wildman–Crippen MR) is 54.3 cm³/mol. The maximum absolute atomic E-state index is 11.7. The summed E-state index contributed by atoms with van der Waals surface area (Å²) >= 11 is 0. The van der Waals surface area contributed by atoms with Crippen LogP contribution in [0.1, 0.15) is 39.0 Å². The van der Waals surface area contributed by atoms with Crippen molar-refractivity contribution in [3.05, 3.63) is 0 Å². The van der Waals surface area contributed by atoms with Crippen LogP contribution in [0.25, 0.3) is 0 Å². The van der Waals surface area contributed by atoms with Crippen molar-refractivity contribution in [1.82, 2.24) is 4.90 Å². The molecule has 1 heterocycles. The molecule has 1 amide bonds. The quantitative estimate of drug-likeness (QED) is 0.747. The zero-order valence-electron chi connectivity index (χ0n) is 8.98. The van der Waals surface area contributed by atoms with Crippen molar-refractivity contribution in [2.24, 2.45) is 5.92 Å². The third kappa shape index (κ3) is 1.62. The molecule has 2 aliphatic rings. The monoisotopic (exact) mass is 211 g/mol. The number of hydrogen-bond acceptors (Lipinski definition) is 2. The fourth-order valence-corrected chi connectivity index (χ4v) is 3.05. The second-order valence-electron chi connectivity index (χ2n) is 4.50. The number of amides is 1. The minimum Gasteiger partial charge on any atom is -0.480 e. The molecule has 1 saturated carbocycles. The molecule has 1 aliphatic heterocycles. The van der Waals surface area contributed by atoms with Gasteiger partial charge in [0.15, 0.2) is 0 Å². The smallest absolute Gasteiger partial charge is 0.326 e. The molecule has 3 atom stereocenters. The summed E-state index contributed by atoms with van der Waals surface area (Å²) in [6, 6.07) is -0.355. The molecule has 0 spiro atoms. The van der Waals surface area contributed by atoms with E-state index in [0.717, 1.165) is 19.3 Å². The molecule has 0 aromatic rings. The van der Waals surface area contributed by atoms with Gasteiger partial charge in [-0.1, -0.05) is 13.3 Å². The van der Waals surface area contributed by atoms with Crippen LogP contribution >= 0.6 is 0 Å². The van der Waals surface area contributed by atoms with E-state index in [1.807, 2.05) is 0 Å². The highest BCUT2D eigenvalue weighted by molar-refractivity contribution is 5.84. The van der Waals surface area contributed by atoms with Crippen LogP contribution in [-0.4, -0.2) is 34.0 Å². The number of likely N-dealkylation sites (tertiary alicyclic amines) is 1. The number of rotatable bonds is 2. The van der Waals surface area contributed by atoms with Gasteiger partial charge in [-0.2, -0.15) is 0 Å². The third-order valence-electron chi connectivity index (χ3n) is 3.71. The first-order valence-electron chi connectivity index (χ1n) is 5.69. The Bertz CT molecular complexity index is 290. The minimum atomic E-state index is -0.841. The fourth-order valence-electron chi connectivity index (χ4n) is 3.05. The molecular weight excluding hydrogens is 194 g/mol. The lowest BCUT2D eigenvalue weighted by atomic mass is 10.0. The molecule has 0 unspecified atom stereocenters. The number of carboxylic acid groups (broad SMARTS) is 1. The van der Waals surface area contributed by atoms with Gasteiger partial charge in [-0.3, -0.25) is 4.79 Å². The molecule has 84 valence electrons. The largest absolute Gasteiger partial charge is 0.480 e. The molecule has 15 heavy (non-hydrogen) atoms. The van der Waals surface area contributed by atoms with E-state index in [1.165, 1.54) is 0 Å². The predicted octanol–water partition coefficient (Wildman–Crippen LogP) is 1.25. The van der Waals surface area contributed by atoms with Crippen molar-refractivity contribution < 1.29 is 14.7 Å². The molecule has 1 N–H and O–H groups in total. The molecule has 1 saturated heterocycles. The van der Waals surface area contributed by atoms with Crippen LogP contribution in [0.4, 0.5) is 0 Å². The van der Waals surface area contributed by atoms with Gasteiger partial charge < -0.3 is 10.0 Å². The van der Waals surface area contributed by atoms with Gasteiger partial charge in [0.1, 0.15) is 6.04 Å². The summed E-state index contributed by atoms with van der Waals surface area (Å²) in [5.41, 5.74) is 0. The Morgan fingerprint density at radius 3 is 2.73 bits per heavy atom. The maximum Gasteiger partial charge on any atom is 0.326 e. The van der Waals surface area contributed by atoms with Crippen molar-refractivity contribution in [1.29, 1.82) is 0 Å². The van der Waals surface area contributed by atoms with Crippen LogP contribution < -0.4 is 0 Å². The molecule has 0 aromatic carbocycles. The SMILES string of the molecule is CCC(=O)N1[C@H](C(=O)O)C[C@@H]2CCC[C@@H]21. The molecule has 4 nitrogen and oxygen atoms in total. The molecule has 0 radical (unpaired) electrons. The Morgan fingerprint density at radius 2 is 2.13 bits per heavy atom. The molecule has 2 fully saturated rings. The van der Waals surface area contributed by atoms with Crippen LogP contribution in [0.15, 0.2) is 0 Å². The number of nitrogens with zero attached hydrogens (tertiary/aromatic N) is 1. The van der Waals surface area contributed by atoms with Crippen LogP contribution in [0.2, 0.25) is 0 Å². The first kappa shape index (κ1) is 10.5. The summed E-state index contributed by atoms with van der Waals surface area (Å²) in [5, 5.41) is 9.09. The normalized spacial score (nSPS) is 34.2. The molecule has 0 aromatic heterocycles. The fraction of sp³-hybridized carbons (Fsp3) is 0.818. The zero-order chi connectivity index (χ0) is 11.0. The first-order chi connectivity index (χ1) is 7.15. The van der Waals surface area contributed by atoms with Gasteiger partial charge in [0.25, 0.3) is 0 Å². The van der Waals surface area contributed by atoms with E-state index in [9.17, 15) is 9.59 Å². The summed E-state index contributed by atoms with van der Waals surface area (Å²) in [7, 11) is 0. The number of carbonyl (C=O) groups is 2. The summed E-state index contributed by atoms with van der Waals surface area (Å²) in [6.45, 7) is 1.80. The van der Waals surface area contributed by atoms with Crippen molar-refractivity contribution in [3.63, 3.8) is 0 Å². The van der Waals surface area contributed by atoms with E-state index in [-0.39, 0.29) is 11.9 Å². The number of aliphatic carboxylic acids is 1. The van der Waals surface area contributed by atoms with E-state index < -0.39 is 12.0 Å². The molecule has 0 bridgehead atoms. The molecule has 4 heteroatoms. The second kappa shape index (κ2) is 3.83. The number of hydrogen-bond donors (Lipinski definition) is 1. The number of carbonyl (C=O) groups excluding carboxylic acids is 1. The summed E-state index contributed by atoms with van der Waals surface area (Å²) in [4.78, 5) is 24.4. The van der Waals surface area contributed by atoms with Crippen molar-refractivity contribution in [3.8, 4) is 0 Å². The van der Waals surface area contributed by atoms with Gasteiger partial charge in [-0.05, 0) is 25.2 Å². The standard InChI is InChI=1S/C11H17NO3/c1-2-10(13)12-8-5-3-4-7(8)6-9(12)11(14)15/h7-9H,2-6H2,1H3,(H,14,15)/t7-,8-,9-/m0/s1. The Morgan fingerprint density at radius 1 is 1.40 bits per heavy atom.